The Kier molecular flexibility index (Phi) is 7.17. The number of pyridine rings is 2. The summed E-state index contributed by atoms with van der Waals surface area (Å²) in [4.78, 5) is 23.7. The lowest BCUT2D eigenvalue weighted by atomic mass is 9.96. The zero-order valence-corrected chi connectivity index (χ0v) is 21.2. The number of fused-ring (bicyclic) bond motifs is 2. The summed E-state index contributed by atoms with van der Waals surface area (Å²) >= 11 is 0. The molecule has 1 amide bonds. The molecule has 4 N–H and O–H groups in total. The molecular formula is C26H30F2N6O4. The Hall–Kier alpha value is -3.77. The fraction of sp³-hybridized carbons (Fsp3) is 0.423. The van der Waals surface area contributed by atoms with Gasteiger partial charge in [-0.2, -0.15) is 0 Å². The second kappa shape index (κ2) is 10.5. The number of ether oxygens (including phenoxy) is 2. The summed E-state index contributed by atoms with van der Waals surface area (Å²) < 4.78 is 41.3. The number of likely N-dealkylation sites (tertiary alicyclic amines) is 1. The van der Waals surface area contributed by atoms with Crippen molar-refractivity contribution in [3.63, 3.8) is 0 Å². The molecule has 2 aliphatic rings. The first kappa shape index (κ1) is 25.9. The van der Waals surface area contributed by atoms with E-state index in [1.165, 1.54) is 18.5 Å². The number of halogens is 2. The molecule has 0 unspecified atom stereocenters. The monoisotopic (exact) mass is 528 g/mol. The number of alkyl halides is 1. The van der Waals surface area contributed by atoms with E-state index < -0.39 is 24.1 Å². The maximum absolute atomic E-state index is 15.5. The molecule has 3 aromatic rings. The molecule has 5 rings (SSSR count). The number of nitrogens with zero attached hydrogens (tertiary/aromatic N) is 4. The van der Waals surface area contributed by atoms with Gasteiger partial charge in [0.25, 0.3) is 0 Å². The Balaban J connectivity index is 1.53. The van der Waals surface area contributed by atoms with Crippen LogP contribution in [0.3, 0.4) is 0 Å². The molecule has 202 valence electrons. The number of benzene rings is 1. The average Bonchev–Trinajstić information content (AvgIpc) is 2.91. The van der Waals surface area contributed by atoms with E-state index in [-0.39, 0.29) is 23.6 Å². The fourth-order valence-corrected chi connectivity index (χ4v) is 5.19. The first-order valence-corrected chi connectivity index (χ1v) is 12.4. The molecule has 2 aliphatic heterocycles. The van der Waals surface area contributed by atoms with E-state index in [0.29, 0.717) is 67.2 Å². The molecule has 0 aliphatic carbocycles. The molecule has 12 heteroatoms. The Morgan fingerprint density at radius 3 is 2.89 bits per heavy atom. The SMILES string of the molecule is COCCN1CC[C@@H](N(C(=O)O)c2cc3cc(-c4cnc5c(c4C)NCCO5)c(F)c(N)c3cn2)[C@@H](F)C1. The number of methoxy groups -OCH3 is 1. The highest BCUT2D eigenvalue weighted by molar-refractivity contribution is 5.99. The van der Waals surface area contributed by atoms with Crippen molar-refractivity contribution in [2.24, 2.45) is 0 Å². The fourth-order valence-electron chi connectivity index (χ4n) is 5.19. The molecule has 2 atom stereocenters. The number of carboxylic acid groups (broad SMARTS) is 1. The van der Waals surface area contributed by atoms with Crippen LogP contribution in [0.1, 0.15) is 12.0 Å². The van der Waals surface area contributed by atoms with Gasteiger partial charge >= 0.3 is 6.09 Å². The molecule has 0 bridgehead atoms. The van der Waals surface area contributed by atoms with Gasteiger partial charge in [0, 0.05) is 62.2 Å². The largest absolute Gasteiger partial charge is 0.474 e. The van der Waals surface area contributed by atoms with Crippen LogP contribution in [0.25, 0.3) is 21.9 Å². The minimum absolute atomic E-state index is 0.0512. The van der Waals surface area contributed by atoms with Gasteiger partial charge in [0.1, 0.15) is 24.3 Å². The van der Waals surface area contributed by atoms with Crippen LogP contribution in [-0.2, 0) is 4.74 Å². The summed E-state index contributed by atoms with van der Waals surface area (Å²) in [7, 11) is 1.58. The maximum Gasteiger partial charge on any atom is 0.413 e. The molecule has 2 aromatic heterocycles. The number of carbonyl (C=O) groups is 1. The lowest BCUT2D eigenvalue weighted by Gasteiger charge is -2.38. The van der Waals surface area contributed by atoms with Crippen LogP contribution in [0.15, 0.2) is 24.5 Å². The van der Waals surface area contributed by atoms with Crippen molar-refractivity contribution in [2.75, 3.05) is 62.5 Å². The summed E-state index contributed by atoms with van der Waals surface area (Å²) in [5, 5.41) is 14.1. The van der Waals surface area contributed by atoms with Crippen molar-refractivity contribution in [2.45, 2.75) is 25.6 Å². The third kappa shape index (κ3) is 4.65. The molecule has 1 saturated heterocycles. The van der Waals surface area contributed by atoms with Gasteiger partial charge in [-0.25, -0.2) is 23.5 Å². The van der Waals surface area contributed by atoms with E-state index >= 15 is 8.78 Å². The number of hydrogen-bond donors (Lipinski definition) is 3. The van der Waals surface area contributed by atoms with Gasteiger partial charge < -0.3 is 25.6 Å². The lowest BCUT2D eigenvalue weighted by molar-refractivity contribution is 0.0840. The van der Waals surface area contributed by atoms with Crippen molar-refractivity contribution < 1.29 is 28.2 Å². The smallest absolute Gasteiger partial charge is 0.413 e. The molecule has 0 spiro atoms. The highest BCUT2D eigenvalue weighted by Crippen LogP contribution is 2.40. The normalized spacial score (nSPS) is 19.5. The number of amides is 1. The van der Waals surface area contributed by atoms with Gasteiger partial charge in [0.2, 0.25) is 5.88 Å². The summed E-state index contributed by atoms with van der Waals surface area (Å²) in [5.74, 6) is -0.129. The quantitative estimate of drug-likeness (QED) is 0.411. The van der Waals surface area contributed by atoms with E-state index in [4.69, 9.17) is 15.2 Å². The number of anilines is 3. The Labute approximate surface area is 218 Å². The van der Waals surface area contributed by atoms with Gasteiger partial charge in [0.15, 0.2) is 5.82 Å². The van der Waals surface area contributed by atoms with Crippen molar-refractivity contribution in [1.82, 2.24) is 14.9 Å². The Bertz CT molecular complexity index is 1370. The first-order chi connectivity index (χ1) is 18.3. The summed E-state index contributed by atoms with van der Waals surface area (Å²) in [6.45, 7) is 4.57. The molecule has 0 saturated carbocycles. The first-order valence-electron chi connectivity index (χ1n) is 12.4. The standard InChI is InChI=1S/C26H30F2N6O4/c1-14-17(11-32-25-24(14)30-4-7-38-25)16-9-15-10-21(31-12-18(15)23(29)22(16)28)34(26(35)36)20-3-5-33(6-8-37-2)13-19(20)27/h9-12,19-20,30H,3-8,13,29H2,1-2H3,(H,35,36)/t19-,20+/m0/s1. The van der Waals surface area contributed by atoms with E-state index in [2.05, 4.69) is 15.3 Å². The zero-order chi connectivity index (χ0) is 27.0. The van der Waals surface area contributed by atoms with E-state index in [1.807, 2.05) is 11.8 Å². The highest BCUT2D eigenvalue weighted by atomic mass is 19.1. The van der Waals surface area contributed by atoms with Gasteiger partial charge in [0.05, 0.1) is 18.3 Å². The van der Waals surface area contributed by atoms with Gasteiger partial charge in [-0.1, -0.05) is 0 Å². The van der Waals surface area contributed by atoms with Crippen molar-refractivity contribution in [3.8, 4) is 17.0 Å². The van der Waals surface area contributed by atoms with Crippen molar-refractivity contribution >= 4 is 34.1 Å². The predicted molar refractivity (Wildman–Crippen MR) is 140 cm³/mol. The number of hydrogen-bond acceptors (Lipinski definition) is 8. The predicted octanol–water partition coefficient (Wildman–Crippen LogP) is 3.67. The summed E-state index contributed by atoms with van der Waals surface area (Å²) in [6, 6.07) is 2.19. The molecule has 1 aromatic carbocycles. The average molecular weight is 529 g/mol. The maximum atomic E-state index is 15.5. The zero-order valence-electron chi connectivity index (χ0n) is 21.2. The van der Waals surface area contributed by atoms with Crippen LogP contribution in [0.2, 0.25) is 0 Å². The van der Waals surface area contributed by atoms with Gasteiger partial charge in [-0.15, -0.1) is 0 Å². The van der Waals surface area contributed by atoms with Crippen LogP contribution < -0.4 is 20.7 Å². The van der Waals surface area contributed by atoms with E-state index in [0.717, 1.165) is 10.5 Å². The Morgan fingerprint density at radius 2 is 2.16 bits per heavy atom. The molecule has 1 fully saturated rings. The number of nitrogens with two attached hydrogens (primary N) is 1. The third-order valence-electron chi connectivity index (χ3n) is 7.21. The highest BCUT2D eigenvalue weighted by Gasteiger charge is 2.37. The van der Waals surface area contributed by atoms with E-state index in [1.54, 1.807) is 13.2 Å². The van der Waals surface area contributed by atoms with Crippen molar-refractivity contribution in [1.29, 1.82) is 0 Å². The molecule has 10 nitrogen and oxygen atoms in total. The van der Waals surface area contributed by atoms with Crippen LogP contribution in [0.4, 0.5) is 30.8 Å². The second-order valence-electron chi connectivity index (χ2n) is 9.49. The number of aromatic nitrogens is 2. The minimum atomic E-state index is -1.41. The minimum Gasteiger partial charge on any atom is -0.474 e. The van der Waals surface area contributed by atoms with Crippen LogP contribution in [0.5, 0.6) is 5.88 Å². The van der Waals surface area contributed by atoms with Gasteiger partial charge in [-0.05, 0) is 36.4 Å². The Morgan fingerprint density at radius 1 is 1.34 bits per heavy atom. The van der Waals surface area contributed by atoms with Crippen LogP contribution in [-0.4, -0.2) is 84.8 Å². The molecule has 38 heavy (non-hydrogen) atoms. The number of piperidine rings is 1. The third-order valence-corrected chi connectivity index (χ3v) is 7.21. The number of rotatable bonds is 6. The topological polar surface area (TPSA) is 126 Å². The number of nitrogens with one attached hydrogen (secondary N) is 1. The molecule has 0 radical (unpaired) electrons. The molecule has 4 heterocycles. The van der Waals surface area contributed by atoms with Gasteiger partial charge in [-0.3, -0.25) is 9.80 Å². The lowest BCUT2D eigenvalue weighted by Crippen LogP contribution is -2.55. The summed E-state index contributed by atoms with van der Waals surface area (Å²) in [5.41, 5.74) is 8.22. The van der Waals surface area contributed by atoms with E-state index in [9.17, 15) is 9.90 Å². The molecular weight excluding hydrogens is 498 g/mol. The van der Waals surface area contributed by atoms with Crippen molar-refractivity contribution in [3.05, 3.63) is 35.9 Å². The number of nitrogen functional groups attached to an aromatic ring is 1. The second-order valence-corrected chi connectivity index (χ2v) is 9.49. The van der Waals surface area contributed by atoms with Crippen LogP contribution >= 0.6 is 0 Å². The van der Waals surface area contributed by atoms with Crippen LogP contribution in [0, 0.1) is 12.7 Å². The summed E-state index contributed by atoms with van der Waals surface area (Å²) in [6.07, 6.45) is 0.425.